The SMILES string of the molecule is Nc1ccc(-c2ccc(-c3cccc(-c4nc(-c5ccccc5)nc(-c5cccc(-c6cccc(-n7c(-c8ccccc8)nc8ccccc87)c6)c5)n4)c3)cc2)cc1. The van der Waals surface area contributed by atoms with Crippen molar-refractivity contribution < 1.29 is 0 Å². The van der Waals surface area contributed by atoms with Gasteiger partial charge in [-0.2, -0.15) is 0 Å². The average Bonchev–Trinajstić information content (AvgIpc) is 3.70. The number of rotatable bonds is 8. The minimum absolute atomic E-state index is 0.604. The minimum atomic E-state index is 0.604. The molecule has 8 aromatic carbocycles. The summed E-state index contributed by atoms with van der Waals surface area (Å²) < 4.78 is 2.24. The van der Waals surface area contributed by atoms with Gasteiger partial charge in [-0.15, -0.1) is 0 Å². The van der Waals surface area contributed by atoms with Crippen LogP contribution in [0.3, 0.4) is 0 Å². The van der Waals surface area contributed by atoms with Crippen LogP contribution >= 0.6 is 0 Å². The molecule has 0 fully saturated rings. The van der Waals surface area contributed by atoms with E-state index >= 15 is 0 Å². The van der Waals surface area contributed by atoms with E-state index in [1.54, 1.807) is 0 Å². The van der Waals surface area contributed by atoms with Crippen molar-refractivity contribution in [3.05, 3.63) is 206 Å². The van der Waals surface area contributed by atoms with Crippen LogP contribution in [0.4, 0.5) is 5.69 Å². The van der Waals surface area contributed by atoms with Gasteiger partial charge in [0, 0.05) is 33.6 Å². The molecule has 0 bridgehead atoms. The zero-order chi connectivity index (χ0) is 38.8. The van der Waals surface area contributed by atoms with E-state index in [1.165, 1.54) is 0 Å². The molecule has 58 heavy (non-hydrogen) atoms. The third kappa shape index (κ3) is 6.80. The maximum Gasteiger partial charge on any atom is 0.164 e. The largest absolute Gasteiger partial charge is 0.399 e. The normalized spacial score (nSPS) is 11.2. The van der Waals surface area contributed by atoms with Gasteiger partial charge in [0.1, 0.15) is 5.82 Å². The molecule has 0 spiro atoms. The molecule has 0 aliphatic heterocycles. The highest BCUT2D eigenvalue weighted by molar-refractivity contribution is 5.84. The first kappa shape index (κ1) is 34.5. The number of imidazole rings is 1. The monoisotopic (exact) mass is 744 g/mol. The number of fused-ring (bicyclic) bond motifs is 1. The Hall–Kier alpha value is -7.96. The molecule has 0 atom stereocenters. The third-order valence-corrected chi connectivity index (χ3v) is 10.4. The summed E-state index contributed by atoms with van der Waals surface area (Å²) in [6.07, 6.45) is 0. The highest BCUT2D eigenvalue weighted by atomic mass is 15.1. The molecule has 274 valence electrons. The van der Waals surface area contributed by atoms with Gasteiger partial charge in [-0.1, -0.05) is 158 Å². The van der Waals surface area contributed by atoms with Crippen LogP contribution < -0.4 is 5.73 Å². The second-order valence-electron chi connectivity index (χ2n) is 14.2. The van der Waals surface area contributed by atoms with Gasteiger partial charge >= 0.3 is 0 Å². The number of para-hydroxylation sites is 2. The Morgan fingerprint density at radius 2 is 0.741 bits per heavy atom. The molecule has 2 N–H and O–H groups in total. The lowest BCUT2D eigenvalue weighted by Gasteiger charge is -2.13. The summed E-state index contributed by atoms with van der Waals surface area (Å²) in [5.74, 6) is 2.73. The third-order valence-electron chi connectivity index (χ3n) is 10.4. The van der Waals surface area contributed by atoms with Gasteiger partial charge in [0.15, 0.2) is 17.5 Å². The van der Waals surface area contributed by atoms with Gasteiger partial charge in [-0.3, -0.25) is 4.57 Å². The number of aromatic nitrogens is 5. The standard InChI is InChI=1S/C52H36N6/c53-45-30-28-36(29-31-45)35-24-26-37(27-25-35)40-16-9-19-43(32-40)50-55-49(38-12-3-1-4-13-38)56-51(57-50)44-20-10-17-41(33-44)42-18-11-21-46(34-42)58-48-23-8-7-22-47(48)54-52(58)39-14-5-2-6-15-39/h1-34H,53H2. The molecule has 10 rings (SSSR count). The van der Waals surface area contributed by atoms with Crippen molar-refractivity contribution in [1.29, 1.82) is 0 Å². The first-order valence-electron chi connectivity index (χ1n) is 19.3. The number of benzene rings is 8. The summed E-state index contributed by atoms with van der Waals surface area (Å²) in [4.78, 5) is 20.3. The lowest BCUT2D eigenvalue weighted by atomic mass is 9.99. The van der Waals surface area contributed by atoms with Crippen molar-refractivity contribution in [2.75, 3.05) is 5.73 Å². The number of nitrogens with zero attached hydrogens (tertiary/aromatic N) is 5. The number of nitrogens with two attached hydrogens (primary N) is 1. The second-order valence-corrected chi connectivity index (χ2v) is 14.2. The highest BCUT2D eigenvalue weighted by Gasteiger charge is 2.17. The predicted octanol–water partition coefficient (Wildman–Crippen LogP) is 12.5. The molecule has 0 saturated carbocycles. The van der Waals surface area contributed by atoms with Crippen LogP contribution in [-0.2, 0) is 0 Å². The number of nitrogen functional groups attached to an aromatic ring is 1. The average molecular weight is 745 g/mol. The van der Waals surface area contributed by atoms with Gasteiger partial charge in [-0.25, -0.2) is 19.9 Å². The van der Waals surface area contributed by atoms with Crippen LogP contribution in [0.1, 0.15) is 0 Å². The summed E-state index contributed by atoms with van der Waals surface area (Å²) in [7, 11) is 0. The quantitative estimate of drug-likeness (QED) is 0.157. The van der Waals surface area contributed by atoms with Gasteiger partial charge in [-0.05, 0) is 81.9 Å². The zero-order valence-electron chi connectivity index (χ0n) is 31.4. The fourth-order valence-corrected chi connectivity index (χ4v) is 7.45. The molecule has 2 aromatic heterocycles. The van der Waals surface area contributed by atoms with E-state index in [4.69, 9.17) is 25.7 Å². The van der Waals surface area contributed by atoms with E-state index in [2.05, 4.69) is 144 Å². The summed E-state index contributed by atoms with van der Waals surface area (Å²) in [5.41, 5.74) is 20.1. The second kappa shape index (κ2) is 14.9. The van der Waals surface area contributed by atoms with Crippen LogP contribution in [0.5, 0.6) is 0 Å². The fraction of sp³-hybridized carbons (Fsp3) is 0. The van der Waals surface area contributed by atoms with Crippen molar-refractivity contribution in [3.8, 4) is 84.6 Å². The summed E-state index contributed by atoms with van der Waals surface area (Å²) in [6, 6.07) is 70.7. The van der Waals surface area contributed by atoms with Crippen LogP contribution in [0.15, 0.2) is 206 Å². The molecular formula is C52H36N6. The zero-order valence-corrected chi connectivity index (χ0v) is 31.4. The predicted molar refractivity (Wildman–Crippen MR) is 237 cm³/mol. The molecule has 0 aliphatic rings. The molecule has 0 radical (unpaired) electrons. The molecule has 2 heterocycles. The minimum Gasteiger partial charge on any atom is -0.399 e. The van der Waals surface area contributed by atoms with Crippen LogP contribution in [0, 0.1) is 0 Å². The van der Waals surface area contributed by atoms with Gasteiger partial charge < -0.3 is 5.73 Å². The molecule has 10 aromatic rings. The number of hydrogen-bond acceptors (Lipinski definition) is 5. The maximum atomic E-state index is 5.92. The van der Waals surface area contributed by atoms with Gasteiger partial charge in [0.2, 0.25) is 0 Å². The van der Waals surface area contributed by atoms with E-state index < -0.39 is 0 Å². The van der Waals surface area contributed by atoms with Crippen LogP contribution in [0.2, 0.25) is 0 Å². The van der Waals surface area contributed by atoms with Crippen molar-refractivity contribution in [2.24, 2.45) is 0 Å². The molecule has 0 amide bonds. The highest BCUT2D eigenvalue weighted by Crippen LogP contribution is 2.34. The Morgan fingerprint density at radius 1 is 0.310 bits per heavy atom. The molecule has 6 nitrogen and oxygen atoms in total. The van der Waals surface area contributed by atoms with E-state index in [9.17, 15) is 0 Å². The van der Waals surface area contributed by atoms with Crippen LogP contribution in [0.25, 0.3) is 95.7 Å². The number of anilines is 1. The number of hydrogen-bond donors (Lipinski definition) is 1. The topological polar surface area (TPSA) is 82.5 Å². The Balaban J connectivity index is 1.03. The van der Waals surface area contributed by atoms with Crippen molar-refractivity contribution >= 4 is 16.7 Å². The molecule has 0 unspecified atom stereocenters. The summed E-state index contributed by atoms with van der Waals surface area (Å²) in [6.45, 7) is 0. The lowest BCUT2D eigenvalue weighted by Crippen LogP contribution is -2.00. The van der Waals surface area contributed by atoms with Crippen LogP contribution in [-0.4, -0.2) is 24.5 Å². The summed E-state index contributed by atoms with van der Waals surface area (Å²) in [5, 5.41) is 0. The van der Waals surface area contributed by atoms with Gasteiger partial charge in [0.25, 0.3) is 0 Å². The molecule has 6 heteroatoms. The van der Waals surface area contributed by atoms with E-state index in [-0.39, 0.29) is 0 Å². The lowest BCUT2D eigenvalue weighted by molar-refractivity contribution is 1.07. The fourth-order valence-electron chi connectivity index (χ4n) is 7.45. The Labute approximate surface area is 336 Å². The first-order valence-corrected chi connectivity index (χ1v) is 19.3. The van der Waals surface area contributed by atoms with E-state index in [0.29, 0.717) is 17.5 Å². The Kier molecular flexibility index (Phi) is 8.89. The van der Waals surface area contributed by atoms with E-state index in [1.807, 2.05) is 66.7 Å². The van der Waals surface area contributed by atoms with Crippen molar-refractivity contribution in [3.63, 3.8) is 0 Å². The summed E-state index contributed by atoms with van der Waals surface area (Å²) >= 11 is 0. The smallest absolute Gasteiger partial charge is 0.164 e. The van der Waals surface area contributed by atoms with E-state index in [0.717, 1.165) is 83.9 Å². The molecule has 0 aliphatic carbocycles. The van der Waals surface area contributed by atoms with Crippen molar-refractivity contribution in [1.82, 2.24) is 24.5 Å². The van der Waals surface area contributed by atoms with Gasteiger partial charge in [0.05, 0.1) is 11.0 Å². The van der Waals surface area contributed by atoms with Crippen molar-refractivity contribution in [2.45, 2.75) is 0 Å². The Morgan fingerprint density at radius 3 is 1.36 bits per heavy atom. The maximum absolute atomic E-state index is 5.92. The molecular weight excluding hydrogens is 709 g/mol. The first-order chi connectivity index (χ1) is 28.6. The molecule has 0 saturated heterocycles. The Bertz CT molecular complexity index is 3050.